The van der Waals surface area contributed by atoms with Gasteiger partial charge in [0.25, 0.3) is 0 Å². The number of aliphatic hydroxyl groups excluding tert-OH is 1. The normalized spacial score (nSPS) is 66.9. The molecule has 23 heavy (non-hydrogen) atoms. The molecule has 4 saturated carbocycles. The van der Waals surface area contributed by atoms with Crippen molar-refractivity contribution < 1.29 is 14.9 Å². The highest BCUT2D eigenvalue weighted by Gasteiger charge is 2.76. The van der Waals surface area contributed by atoms with Crippen LogP contribution in [0.3, 0.4) is 0 Å². The van der Waals surface area contributed by atoms with Crippen molar-refractivity contribution in [1.82, 2.24) is 0 Å². The minimum Gasteiger partial charge on any atom is -0.393 e. The maximum Gasteiger partial charge on any atom is 0.103 e. The van der Waals surface area contributed by atoms with Gasteiger partial charge in [-0.1, -0.05) is 13.8 Å². The van der Waals surface area contributed by atoms with Crippen LogP contribution in [0.15, 0.2) is 0 Å². The Labute approximate surface area is 139 Å². The van der Waals surface area contributed by atoms with Gasteiger partial charge in [0.15, 0.2) is 0 Å². The first-order valence-electron chi connectivity index (χ1n) is 9.82. The molecule has 1 spiro atoms. The molecular formula is C20H32O3. The van der Waals surface area contributed by atoms with Crippen molar-refractivity contribution in [3.63, 3.8) is 0 Å². The number of rotatable bonds is 0. The zero-order valence-electron chi connectivity index (χ0n) is 14.8. The summed E-state index contributed by atoms with van der Waals surface area (Å²) in [6, 6.07) is 0. The van der Waals surface area contributed by atoms with Crippen molar-refractivity contribution >= 4 is 0 Å². The standard InChI is InChI=1S/C20H32O3/c1-17-8-5-15-13(14(17)6-9-19(17,3)22)10-16-20(23-16)11-12(21)4-7-18(15,20)2/h12-16,21-22H,4-11H2,1-3H3/t12-,13-,14-,15-,16+,17+,18-,19+,20+/m1/s1. The summed E-state index contributed by atoms with van der Waals surface area (Å²) < 4.78 is 6.35. The van der Waals surface area contributed by atoms with E-state index in [-0.39, 0.29) is 22.5 Å². The van der Waals surface area contributed by atoms with Crippen molar-refractivity contribution in [3.8, 4) is 0 Å². The average molecular weight is 320 g/mol. The van der Waals surface area contributed by atoms with Gasteiger partial charge in [0, 0.05) is 11.8 Å². The second kappa shape index (κ2) is 4.16. The minimum absolute atomic E-state index is 0.0132. The van der Waals surface area contributed by atoms with Gasteiger partial charge in [-0.2, -0.15) is 0 Å². The lowest BCUT2D eigenvalue weighted by Crippen LogP contribution is -2.59. The molecule has 9 atom stereocenters. The van der Waals surface area contributed by atoms with Gasteiger partial charge in [0.05, 0.1) is 17.8 Å². The Kier molecular flexibility index (Phi) is 2.74. The van der Waals surface area contributed by atoms with Crippen molar-refractivity contribution in [1.29, 1.82) is 0 Å². The highest BCUT2D eigenvalue weighted by atomic mass is 16.6. The summed E-state index contributed by atoms with van der Waals surface area (Å²) in [6.07, 6.45) is 8.83. The molecule has 0 aromatic carbocycles. The Balaban J connectivity index is 1.52. The van der Waals surface area contributed by atoms with Crippen molar-refractivity contribution in [2.75, 3.05) is 0 Å². The average Bonchev–Trinajstić information content (AvgIpc) is 3.11. The first-order chi connectivity index (χ1) is 10.7. The second-order valence-corrected chi connectivity index (χ2v) is 10.2. The van der Waals surface area contributed by atoms with Crippen molar-refractivity contribution in [3.05, 3.63) is 0 Å². The summed E-state index contributed by atoms with van der Waals surface area (Å²) in [5, 5.41) is 21.2. The van der Waals surface area contributed by atoms with E-state index < -0.39 is 5.60 Å². The van der Waals surface area contributed by atoms with Crippen LogP contribution in [0.4, 0.5) is 0 Å². The van der Waals surface area contributed by atoms with E-state index in [1.165, 1.54) is 19.3 Å². The second-order valence-electron chi connectivity index (χ2n) is 10.2. The van der Waals surface area contributed by atoms with E-state index in [1.807, 2.05) is 0 Å². The molecule has 0 aromatic rings. The summed E-state index contributed by atoms with van der Waals surface area (Å²) in [5.41, 5.74) is -0.171. The molecule has 130 valence electrons. The maximum atomic E-state index is 11.0. The largest absolute Gasteiger partial charge is 0.393 e. The van der Waals surface area contributed by atoms with E-state index >= 15 is 0 Å². The van der Waals surface area contributed by atoms with E-state index in [9.17, 15) is 10.2 Å². The lowest BCUT2D eigenvalue weighted by atomic mass is 9.44. The van der Waals surface area contributed by atoms with Crippen LogP contribution in [0, 0.1) is 28.6 Å². The molecule has 0 aromatic heterocycles. The van der Waals surface area contributed by atoms with E-state index in [1.54, 1.807) is 0 Å². The Hall–Kier alpha value is -0.120. The van der Waals surface area contributed by atoms with Gasteiger partial charge in [-0.15, -0.1) is 0 Å². The van der Waals surface area contributed by atoms with Crippen LogP contribution in [-0.4, -0.2) is 33.6 Å². The number of ether oxygens (including phenoxy) is 1. The molecule has 1 heterocycles. The van der Waals surface area contributed by atoms with Crippen LogP contribution >= 0.6 is 0 Å². The molecule has 0 unspecified atom stereocenters. The molecule has 1 saturated heterocycles. The van der Waals surface area contributed by atoms with Gasteiger partial charge < -0.3 is 14.9 Å². The van der Waals surface area contributed by atoms with Crippen molar-refractivity contribution in [2.24, 2.45) is 28.6 Å². The summed E-state index contributed by atoms with van der Waals surface area (Å²) in [4.78, 5) is 0. The van der Waals surface area contributed by atoms with E-state index in [2.05, 4.69) is 20.8 Å². The molecule has 0 bridgehead atoms. The fourth-order valence-corrected chi connectivity index (χ4v) is 7.90. The van der Waals surface area contributed by atoms with Gasteiger partial charge in [-0.05, 0) is 75.0 Å². The molecule has 5 rings (SSSR count). The number of hydrogen-bond donors (Lipinski definition) is 2. The van der Waals surface area contributed by atoms with E-state index in [4.69, 9.17) is 4.74 Å². The number of epoxide rings is 1. The summed E-state index contributed by atoms with van der Waals surface area (Å²) in [5.74, 6) is 2.09. The Morgan fingerprint density at radius 3 is 2.35 bits per heavy atom. The molecule has 1 aliphatic heterocycles. The molecule has 0 radical (unpaired) electrons. The first-order valence-corrected chi connectivity index (χ1v) is 9.82. The third-order valence-electron chi connectivity index (χ3n) is 9.62. The molecule has 2 N–H and O–H groups in total. The first kappa shape index (κ1) is 15.2. The summed E-state index contributed by atoms with van der Waals surface area (Å²) >= 11 is 0. The number of fused-ring (bicyclic) bond motifs is 4. The molecule has 3 nitrogen and oxygen atoms in total. The number of aliphatic hydroxyl groups is 2. The third kappa shape index (κ3) is 1.58. The lowest BCUT2D eigenvalue weighted by Gasteiger charge is -2.59. The zero-order chi connectivity index (χ0) is 16.3. The van der Waals surface area contributed by atoms with Gasteiger partial charge in [-0.25, -0.2) is 0 Å². The molecular weight excluding hydrogens is 288 g/mol. The van der Waals surface area contributed by atoms with Crippen molar-refractivity contribution in [2.45, 2.75) is 95.5 Å². The fourth-order valence-electron chi connectivity index (χ4n) is 7.90. The SMILES string of the molecule is C[C@]1(O)CC[C@@H]2[C@H]3C[C@@H]4O[C@@]45C[C@H](O)CC[C@]5(C)[C@@H]3CC[C@@]21C. The van der Waals surface area contributed by atoms with Gasteiger partial charge in [0.2, 0.25) is 0 Å². The topological polar surface area (TPSA) is 53.0 Å². The van der Waals surface area contributed by atoms with Crippen LogP contribution in [0.5, 0.6) is 0 Å². The third-order valence-corrected chi connectivity index (χ3v) is 9.62. The van der Waals surface area contributed by atoms with E-state index in [0.29, 0.717) is 17.9 Å². The minimum atomic E-state index is -0.495. The number of hydrogen-bond acceptors (Lipinski definition) is 3. The smallest absolute Gasteiger partial charge is 0.103 e. The predicted molar refractivity (Wildman–Crippen MR) is 87.9 cm³/mol. The van der Waals surface area contributed by atoms with Gasteiger partial charge in [-0.3, -0.25) is 0 Å². The zero-order valence-corrected chi connectivity index (χ0v) is 14.8. The van der Waals surface area contributed by atoms with Crippen LogP contribution in [0.2, 0.25) is 0 Å². The Bertz CT molecular complexity index is 545. The molecule has 0 amide bonds. The maximum absolute atomic E-state index is 11.0. The fraction of sp³-hybridized carbons (Fsp3) is 1.00. The van der Waals surface area contributed by atoms with Crippen LogP contribution < -0.4 is 0 Å². The van der Waals surface area contributed by atoms with Crippen LogP contribution in [-0.2, 0) is 4.74 Å². The summed E-state index contributed by atoms with van der Waals surface area (Å²) in [6.45, 7) is 6.89. The highest BCUT2D eigenvalue weighted by Crippen LogP contribution is 2.74. The van der Waals surface area contributed by atoms with Crippen LogP contribution in [0.1, 0.15) is 72.1 Å². The lowest BCUT2D eigenvalue weighted by molar-refractivity contribution is -0.143. The van der Waals surface area contributed by atoms with Gasteiger partial charge >= 0.3 is 0 Å². The Morgan fingerprint density at radius 2 is 1.57 bits per heavy atom. The molecule has 5 fully saturated rings. The molecule has 3 heteroatoms. The molecule has 5 aliphatic rings. The van der Waals surface area contributed by atoms with Crippen LogP contribution in [0.25, 0.3) is 0 Å². The monoisotopic (exact) mass is 320 g/mol. The molecule has 4 aliphatic carbocycles. The van der Waals surface area contributed by atoms with E-state index in [0.717, 1.165) is 38.0 Å². The predicted octanol–water partition coefficient (Wildman–Crippen LogP) is 3.27. The Morgan fingerprint density at radius 1 is 0.913 bits per heavy atom. The quantitative estimate of drug-likeness (QED) is 0.674. The highest BCUT2D eigenvalue weighted by molar-refractivity contribution is 5.24. The van der Waals surface area contributed by atoms with Gasteiger partial charge in [0.1, 0.15) is 5.60 Å². The summed E-state index contributed by atoms with van der Waals surface area (Å²) in [7, 11) is 0.